The molecular weight excluding hydrogens is 299 g/mol. The SMILES string of the molecule is [B]c1cc(C)c(C)c(CC(CCCCC(C)C)C(C)(C)C(C)(C)C)c1. The zero-order valence-corrected chi connectivity index (χ0v) is 18.4. The summed E-state index contributed by atoms with van der Waals surface area (Å²) < 4.78 is 0. The van der Waals surface area contributed by atoms with Gasteiger partial charge >= 0.3 is 0 Å². The van der Waals surface area contributed by atoms with E-state index in [0.29, 0.717) is 11.3 Å². The highest BCUT2D eigenvalue weighted by atomic mass is 14.4. The first-order chi connectivity index (χ1) is 11.4. The van der Waals surface area contributed by atoms with E-state index in [1.165, 1.54) is 42.4 Å². The smallest absolute Gasteiger partial charge is 0.0961 e. The third-order valence-electron chi connectivity index (χ3n) is 6.80. The van der Waals surface area contributed by atoms with E-state index in [0.717, 1.165) is 17.8 Å². The van der Waals surface area contributed by atoms with Crippen LogP contribution in [0.25, 0.3) is 0 Å². The zero-order valence-electron chi connectivity index (χ0n) is 18.4. The first-order valence-electron chi connectivity index (χ1n) is 10.2. The monoisotopic (exact) mass is 340 g/mol. The highest BCUT2D eigenvalue weighted by Crippen LogP contribution is 2.47. The van der Waals surface area contributed by atoms with Crippen LogP contribution in [0.4, 0.5) is 0 Å². The highest BCUT2D eigenvalue weighted by Gasteiger charge is 2.39. The summed E-state index contributed by atoms with van der Waals surface area (Å²) in [6.45, 7) is 21.2. The third-order valence-corrected chi connectivity index (χ3v) is 6.80. The van der Waals surface area contributed by atoms with Crippen molar-refractivity contribution in [2.24, 2.45) is 22.7 Å². The normalized spacial score (nSPS) is 14.2. The van der Waals surface area contributed by atoms with Crippen molar-refractivity contribution < 1.29 is 0 Å². The van der Waals surface area contributed by atoms with Crippen LogP contribution in [-0.2, 0) is 6.42 Å². The Bertz CT molecular complexity index is 546. The molecule has 0 aliphatic heterocycles. The molecule has 0 aliphatic rings. The summed E-state index contributed by atoms with van der Waals surface area (Å²) in [6.07, 6.45) is 6.49. The van der Waals surface area contributed by atoms with Crippen LogP contribution < -0.4 is 5.46 Å². The molecule has 0 bridgehead atoms. The Balaban J connectivity index is 3.03. The Morgan fingerprint density at radius 1 is 0.920 bits per heavy atom. The van der Waals surface area contributed by atoms with Gasteiger partial charge in [-0.3, -0.25) is 0 Å². The molecule has 2 radical (unpaired) electrons. The van der Waals surface area contributed by atoms with E-state index in [1.54, 1.807) is 0 Å². The Labute approximate surface area is 159 Å². The van der Waals surface area contributed by atoms with Crippen molar-refractivity contribution in [2.45, 2.75) is 94.4 Å². The number of benzene rings is 1. The fourth-order valence-electron chi connectivity index (χ4n) is 3.71. The van der Waals surface area contributed by atoms with Crippen molar-refractivity contribution in [2.75, 3.05) is 0 Å². The predicted octanol–water partition coefficient (Wildman–Crippen LogP) is 6.54. The lowest BCUT2D eigenvalue weighted by molar-refractivity contribution is 0.0474. The summed E-state index contributed by atoms with van der Waals surface area (Å²) in [6, 6.07) is 4.31. The Morgan fingerprint density at radius 3 is 2.00 bits per heavy atom. The first kappa shape index (κ1) is 22.3. The summed E-state index contributed by atoms with van der Waals surface area (Å²) in [7, 11) is 6.15. The first-order valence-corrected chi connectivity index (χ1v) is 10.2. The molecule has 25 heavy (non-hydrogen) atoms. The molecule has 0 fully saturated rings. The molecule has 0 aromatic heterocycles. The fourth-order valence-corrected chi connectivity index (χ4v) is 3.71. The van der Waals surface area contributed by atoms with Gasteiger partial charge in [-0.1, -0.05) is 85.3 Å². The molecule has 0 aliphatic carbocycles. The molecule has 0 saturated carbocycles. The molecule has 1 atom stereocenters. The maximum absolute atomic E-state index is 6.15. The van der Waals surface area contributed by atoms with Gasteiger partial charge in [0.25, 0.3) is 0 Å². The molecule has 0 nitrogen and oxygen atoms in total. The minimum Gasteiger partial charge on any atom is -0.0961 e. The number of aryl methyl sites for hydroxylation is 1. The van der Waals surface area contributed by atoms with Gasteiger partial charge in [-0.15, -0.1) is 0 Å². The molecule has 0 N–H and O–H groups in total. The van der Waals surface area contributed by atoms with Crippen LogP contribution in [-0.4, -0.2) is 7.85 Å². The van der Waals surface area contributed by atoms with Crippen molar-refractivity contribution in [3.05, 3.63) is 28.8 Å². The van der Waals surface area contributed by atoms with Crippen molar-refractivity contribution in [1.29, 1.82) is 0 Å². The van der Waals surface area contributed by atoms with E-state index in [4.69, 9.17) is 7.85 Å². The van der Waals surface area contributed by atoms with E-state index < -0.39 is 0 Å². The minimum atomic E-state index is 0.287. The summed E-state index contributed by atoms with van der Waals surface area (Å²) in [5, 5.41) is 0. The van der Waals surface area contributed by atoms with Gasteiger partial charge in [0.1, 0.15) is 7.85 Å². The minimum absolute atomic E-state index is 0.287. The number of rotatable bonds is 8. The van der Waals surface area contributed by atoms with E-state index in [9.17, 15) is 0 Å². The van der Waals surface area contributed by atoms with Gasteiger partial charge in [-0.2, -0.15) is 0 Å². The van der Waals surface area contributed by atoms with Crippen LogP contribution in [0, 0.1) is 36.5 Å². The summed E-state index contributed by atoms with van der Waals surface area (Å²) in [4.78, 5) is 0. The summed E-state index contributed by atoms with van der Waals surface area (Å²) in [5.41, 5.74) is 5.68. The van der Waals surface area contributed by atoms with Crippen molar-refractivity contribution >= 4 is 13.3 Å². The van der Waals surface area contributed by atoms with E-state index in [1.807, 2.05) is 0 Å². The van der Waals surface area contributed by atoms with Crippen molar-refractivity contribution in [3.8, 4) is 0 Å². The van der Waals surface area contributed by atoms with Gasteiger partial charge in [0.05, 0.1) is 0 Å². The van der Waals surface area contributed by atoms with Gasteiger partial charge in [0, 0.05) is 0 Å². The van der Waals surface area contributed by atoms with Crippen LogP contribution in [0.15, 0.2) is 12.1 Å². The van der Waals surface area contributed by atoms with Gasteiger partial charge in [0.15, 0.2) is 0 Å². The van der Waals surface area contributed by atoms with Gasteiger partial charge in [0.2, 0.25) is 0 Å². The van der Waals surface area contributed by atoms with Crippen LogP contribution in [0.3, 0.4) is 0 Å². The van der Waals surface area contributed by atoms with Crippen molar-refractivity contribution in [3.63, 3.8) is 0 Å². The van der Waals surface area contributed by atoms with Crippen LogP contribution in [0.5, 0.6) is 0 Å². The van der Waals surface area contributed by atoms with E-state index in [-0.39, 0.29) is 5.41 Å². The number of hydrogen-bond acceptors (Lipinski definition) is 0. The van der Waals surface area contributed by atoms with Crippen molar-refractivity contribution in [1.82, 2.24) is 0 Å². The van der Waals surface area contributed by atoms with Crippen LogP contribution in [0.2, 0.25) is 0 Å². The molecule has 1 aromatic carbocycles. The average molecular weight is 340 g/mol. The molecule has 1 heteroatoms. The predicted molar refractivity (Wildman–Crippen MR) is 115 cm³/mol. The maximum Gasteiger partial charge on any atom is 0.113 e. The third kappa shape index (κ3) is 6.19. The second-order valence-electron chi connectivity index (χ2n) is 10.2. The lowest BCUT2D eigenvalue weighted by atomic mass is 9.59. The van der Waals surface area contributed by atoms with Gasteiger partial charge in [-0.25, -0.2) is 0 Å². The number of hydrogen-bond donors (Lipinski definition) is 0. The van der Waals surface area contributed by atoms with Gasteiger partial charge in [-0.05, 0) is 66.0 Å². The van der Waals surface area contributed by atoms with Crippen LogP contribution >= 0.6 is 0 Å². The molecule has 140 valence electrons. The molecule has 1 aromatic rings. The van der Waals surface area contributed by atoms with E-state index >= 15 is 0 Å². The lowest BCUT2D eigenvalue weighted by Crippen LogP contribution is -2.38. The second kappa shape index (κ2) is 8.78. The van der Waals surface area contributed by atoms with E-state index in [2.05, 4.69) is 74.4 Å². The maximum atomic E-state index is 6.15. The van der Waals surface area contributed by atoms with Gasteiger partial charge < -0.3 is 0 Å². The Kier molecular flexibility index (Phi) is 7.84. The summed E-state index contributed by atoms with van der Waals surface area (Å²) in [5.74, 6) is 1.49. The molecule has 1 unspecified atom stereocenters. The lowest BCUT2D eigenvalue weighted by Gasteiger charge is -2.46. The van der Waals surface area contributed by atoms with Crippen LogP contribution in [0.1, 0.15) is 90.8 Å². The molecule has 0 heterocycles. The summed E-state index contributed by atoms with van der Waals surface area (Å²) >= 11 is 0. The Hall–Kier alpha value is -0.715. The molecular formula is C24H41B. The fraction of sp³-hybridized carbons (Fsp3) is 0.750. The molecule has 1 rings (SSSR count). The Morgan fingerprint density at radius 2 is 1.48 bits per heavy atom. The quantitative estimate of drug-likeness (QED) is 0.372. The molecule has 0 amide bonds. The zero-order chi connectivity index (χ0) is 19.4. The topological polar surface area (TPSA) is 0 Å². The highest BCUT2D eigenvalue weighted by molar-refractivity contribution is 6.32. The second-order valence-corrected chi connectivity index (χ2v) is 10.2. The number of unbranched alkanes of at least 4 members (excludes halogenated alkanes) is 1. The average Bonchev–Trinajstić information content (AvgIpc) is 2.45. The molecule has 0 spiro atoms. The molecule has 0 saturated heterocycles. The largest absolute Gasteiger partial charge is 0.113 e. The standard InChI is InChI=1S/C24H41B/c1-17(2)12-10-11-13-21(24(8,9)23(5,6)7)15-20-16-22(25)14-18(3)19(20)4/h14,16-17,21H,10-13,15H2,1-9H3.